The second-order valence-corrected chi connectivity index (χ2v) is 9.53. The first-order chi connectivity index (χ1) is 15.5. The number of hydrogen-bond acceptors (Lipinski definition) is 7. The molecule has 0 unspecified atom stereocenters. The van der Waals surface area contributed by atoms with Crippen molar-refractivity contribution >= 4 is 45.2 Å². The van der Waals surface area contributed by atoms with Crippen molar-refractivity contribution in [2.45, 2.75) is 43.6 Å². The van der Waals surface area contributed by atoms with Crippen molar-refractivity contribution in [2.24, 2.45) is 0 Å². The van der Waals surface area contributed by atoms with Gasteiger partial charge in [0.15, 0.2) is 0 Å². The van der Waals surface area contributed by atoms with Gasteiger partial charge in [-0.05, 0) is 25.3 Å². The molecule has 0 saturated carbocycles. The number of rotatable bonds is 11. The molecular formula is C23H27N3O4S2. The van der Waals surface area contributed by atoms with Crippen LogP contribution in [0, 0.1) is 0 Å². The van der Waals surface area contributed by atoms with E-state index < -0.39 is 0 Å². The molecular weight excluding hydrogens is 446 g/mol. The molecule has 0 aliphatic rings. The van der Waals surface area contributed by atoms with E-state index in [2.05, 4.69) is 20.0 Å². The summed E-state index contributed by atoms with van der Waals surface area (Å²) in [6, 6.07) is 9.78. The lowest BCUT2D eigenvalue weighted by molar-refractivity contribution is -0.140. The van der Waals surface area contributed by atoms with Crippen LogP contribution in [0.15, 0.2) is 40.5 Å². The van der Waals surface area contributed by atoms with Crippen LogP contribution in [0.1, 0.15) is 38.4 Å². The second-order valence-electron chi connectivity index (χ2n) is 7.34. The molecule has 2 aromatic heterocycles. The zero-order chi connectivity index (χ0) is 22.9. The molecule has 0 spiro atoms. The van der Waals surface area contributed by atoms with Gasteiger partial charge in [-0.3, -0.25) is 14.4 Å². The molecule has 0 saturated heterocycles. The van der Waals surface area contributed by atoms with Gasteiger partial charge < -0.3 is 15.0 Å². The summed E-state index contributed by atoms with van der Waals surface area (Å²) in [6.45, 7) is 2.41. The third kappa shape index (κ3) is 6.43. The van der Waals surface area contributed by atoms with Crippen LogP contribution < -0.4 is 10.9 Å². The Balaban J connectivity index is 1.50. The fourth-order valence-electron chi connectivity index (χ4n) is 3.20. The normalized spacial score (nSPS) is 11.9. The quantitative estimate of drug-likeness (QED) is 0.321. The number of nitrogens with zero attached hydrogens (tertiary/aromatic N) is 1. The van der Waals surface area contributed by atoms with E-state index in [1.165, 1.54) is 30.2 Å². The fraction of sp³-hybridized carbons (Fsp3) is 0.391. The average Bonchev–Trinajstić information content (AvgIpc) is 3.24. The average molecular weight is 474 g/mol. The van der Waals surface area contributed by atoms with E-state index in [9.17, 15) is 14.4 Å². The zero-order valence-corrected chi connectivity index (χ0v) is 19.8. The number of amides is 1. The summed E-state index contributed by atoms with van der Waals surface area (Å²) in [4.78, 5) is 44.3. The van der Waals surface area contributed by atoms with Crippen molar-refractivity contribution in [1.29, 1.82) is 0 Å². The summed E-state index contributed by atoms with van der Waals surface area (Å²) >= 11 is 2.88. The number of aromatic nitrogens is 2. The highest BCUT2D eigenvalue weighted by atomic mass is 32.2. The highest BCUT2D eigenvalue weighted by Crippen LogP contribution is 2.30. The first-order valence-electron chi connectivity index (χ1n) is 10.5. The summed E-state index contributed by atoms with van der Waals surface area (Å²) in [5.41, 5.74) is 1.72. The highest BCUT2D eigenvalue weighted by molar-refractivity contribution is 7.99. The van der Waals surface area contributed by atoms with Crippen molar-refractivity contribution in [3.63, 3.8) is 0 Å². The number of hydrogen-bond donors (Lipinski definition) is 2. The summed E-state index contributed by atoms with van der Waals surface area (Å²) in [5, 5.41) is 5.21. The Kier molecular flexibility index (Phi) is 8.87. The van der Waals surface area contributed by atoms with Gasteiger partial charge in [-0.25, -0.2) is 4.98 Å². The minimum atomic E-state index is -0.269. The second kappa shape index (κ2) is 11.8. The molecule has 32 heavy (non-hydrogen) atoms. The molecule has 1 atom stereocenters. The maximum Gasteiger partial charge on any atom is 0.305 e. The Morgan fingerprint density at radius 2 is 2.00 bits per heavy atom. The Morgan fingerprint density at radius 3 is 2.75 bits per heavy atom. The standard InChI is InChI=1S/C23H27N3O4S2/c1-15(21(28)24-12-8-4-7-11-19(27)30-2)31-14-18-25-22(29)20-17(13-32-23(20)26-18)16-9-5-3-6-10-16/h3,5-6,9-10,13,15H,4,7-8,11-12,14H2,1-2H3,(H,24,28)(H,25,26,29)/t15-/m1/s1. The maximum atomic E-state index is 12.7. The van der Waals surface area contributed by atoms with E-state index in [-0.39, 0.29) is 22.7 Å². The van der Waals surface area contributed by atoms with Crippen LogP contribution in [0.3, 0.4) is 0 Å². The van der Waals surface area contributed by atoms with Gasteiger partial charge in [-0.15, -0.1) is 23.1 Å². The van der Waals surface area contributed by atoms with Crippen LogP contribution in [0.25, 0.3) is 21.3 Å². The molecule has 2 heterocycles. The summed E-state index contributed by atoms with van der Waals surface area (Å²) in [5.74, 6) is 0.755. The SMILES string of the molecule is COC(=O)CCCCCNC(=O)[C@@H](C)SCc1nc2scc(-c3ccccc3)c2c(=O)[nH]1. The molecule has 0 radical (unpaired) electrons. The van der Waals surface area contributed by atoms with E-state index in [1.807, 2.05) is 42.6 Å². The van der Waals surface area contributed by atoms with Crippen LogP contribution in [0.5, 0.6) is 0 Å². The topological polar surface area (TPSA) is 101 Å². The van der Waals surface area contributed by atoms with Gasteiger partial charge in [0.25, 0.3) is 5.56 Å². The Labute approximate surface area is 195 Å². The molecule has 0 fully saturated rings. The fourth-order valence-corrected chi connectivity index (χ4v) is 4.95. The largest absolute Gasteiger partial charge is 0.469 e. The van der Waals surface area contributed by atoms with E-state index in [4.69, 9.17) is 0 Å². The van der Waals surface area contributed by atoms with E-state index in [0.29, 0.717) is 34.8 Å². The number of nitrogens with one attached hydrogen (secondary N) is 2. The van der Waals surface area contributed by atoms with Crippen LogP contribution in [0.2, 0.25) is 0 Å². The van der Waals surface area contributed by atoms with Crippen molar-refractivity contribution in [1.82, 2.24) is 15.3 Å². The number of ether oxygens (including phenoxy) is 1. The predicted molar refractivity (Wildman–Crippen MR) is 130 cm³/mol. The number of thioether (sulfide) groups is 1. The van der Waals surface area contributed by atoms with Crippen LogP contribution in [0.4, 0.5) is 0 Å². The highest BCUT2D eigenvalue weighted by Gasteiger charge is 2.16. The number of unbranched alkanes of at least 4 members (excludes halogenated alkanes) is 2. The maximum absolute atomic E-state index is 12.7. The number of carbonyl (C=O) groups excluding carboxylic acids is 2. The van der Waals surface area contributed by atoms with Crippen molar-refractivity contribution < 1.29 is 14.3 Å². The summed E-state index contributed by atoms with van der Waals surface area (Å²) in [6.07, 6.45) is 2.83. The number of carbonyl (C=O) groups is 2. The van der Waals surface area contributed by atoms with Gasteiger partial charge in [0.1, 0.15) is 10.7 Å². The van der Waals surface area contributed by atoms with Gasteiger partial charge in [-0.1, -0.05) is 36.8 Å². The van der Waals surface area contributed by atoms with Crippen LogP contribution >= 0.6 is 23.1 Å². The lowest BCUT2D eigenvalue weighted by Gasteiger charge is -2.11. The zero-order valence-electron chi connectivity index (χ0n) is 18.2. The minimum absolute atomic E-state index is 0.0473. The molecule has 1 amide bonds. The van der Waals surface area contributed by atoms with Crippen LogP contribution in [-0.4, -0.2) is 40.7 Å². The van der Waals surface area contributed by atoms with Gasteiger partial charge >= 0.3 is 5.97 Å². The Hall–Kier alpha value is -2.65. The third-order valence-corrected chi connectivity index (χ3v) is 7.03. The number of esters is 1. The molecule has 3 aromatic rings. The summed E-state index contributed by atoms with van der Waals surface area (Å²) in [7, 11) is 1.38. The van der Waals surface area contributed by atoms with Crippen molar-refractivity contribution in [3.8, 4) is 11.1 Å². The van der Waals surface area contributed by atoms with Gasteiger partial charge in [0.05, 0.1) is 23.5 Å². The number of thiophene rings is 1. The van der Waals surface area contributed by atoms with Crippen molar-refractivity contribution in [3.05, 3.63) is 51.9 Å². The lowest BCUT2D eigenvalue weighted by Crippen LogP contribution is -2.31. The monoisotopic (exact) mass is 473 g/mol. The van der Waals surface area contributed by atoms with Gasteiger partial charge in [0.2, 0.25) is 5.91 Å². The van der Waals surface area contributed by atoms with E-state index in [1.54, 1.807) is 0 Å². The summed E-state index contributed by atoms with van der Waals surface area (Å²) < 4.78 is 4.60. The van der Waals surface area contributed by atoms with Gasteiger partial charge in [-0.2, -0.15) is 0 Å². The number of aromatic amines is 1. The number of fused-ring (bicyclic) bond motifs is 1. The smallest absolute Gasteiger partial charge is 0.305 e. The minimum Gasteiger partial charge on any atom is -0.469 e. The first kappa shape index (κ1) is 24.0. The van der Waals surface area contributed by atoms with E-state index in [0.717, 1.165) is 30.4 Å². The molecule has 9 heteroatoms. The molecule has 170 valence electrons. The molecule has 7 nitrogen and oxygen atoms in total. The molecule has 2 N–H and O–H groups in total. The molecule has 0 aliphatic carbocycles. The molecule has 0 aliphatic heterocycles. The molecule has 1 aromatic carbocycles. The lowest BCUT2D eigenvalue weighted by atomic mass is 10.1. The third-order valence-electron chi connectivity index (χ3n) is 5.00. The first-order valence-corrected chi connectivity index (χ1v) is 12.4. The molecule has 3 rings (SSSR count). The molecule has 0 bridgehead atoms. The van der Waals surface area contributed by atoms with E-state index >= 15 is 0 Å². The number of benzene rings is 1. The van der Waals surface area contributed by atoms with Crippen molar-refractivity contribution in [2.75, 3.05) is 13.7 Å². The van der Waals surface area contributed by atoms with Crippen LogP contribution in [-0.2, 0) is 20.1 Å². The number of methoxy groups -OCH3 is 1. The Bertz CT molecular complexity index is 1110. The van der Waals surface area contributed by atoms with Gasteiger partial charge in [0, 0.05) is 23.9 Å². The predicted octanol–water partition coefficient (Wildman–Crippen LogP) is 4.12. The number of H-pyrrole nitrogens is 1. The Morgan fingerprint density at radius 1 is 1.22 bits per heavy atom.